The molecule has 4 fully saturated rings. The molecule has 0 heterocycles. The second-order valence-corrected chi connectivity index (χ2v) is 8.28. The van der Waals surface area contributed by atoms with Crippen molar-refractivity contribution in [2.75, 3.05) is 11.9 Å². The van der Waals surface area contributed by atoms with Gasteiger partial charge in [0.1, 0.15) is 0 Å². The van der Waals surface area contributed by atoms with Crippen molar-refractivity contribution >= 4 is 21.6 Å². The second kappa shape index (κ2) is 4.76. The molecule has 4 bridgehead atoms. The standard InChI is InChI=1S/C18H24BrN/c1-2-20-17-4-3-15(8-16(17)19)18-9-12-5-13(10-18)7-14(6-12)11-18/h3-4,8,12-14,20H,2,5-7,9-11H2,1H3. The maximum Gasteiger partial charge on any atom is 0.0484 e. The molecule has 108 valence electrons. The lowest BCUT2D eigenvalue weighted by Crippen LogP contribution is -2.48. The molecule has 0 saturated heterocycles. The fourth-order valence-corrected chi connectivity index (χ4v) is 6.16. The van der Waals surface area contributed by atoms with E-state index >= 15 is 0 Å². The molecule has 1 nitrogen and oxygen atoms in total. The number of anilines is 1. The van der Waals surface area contributed by atoms with Gasteiger partial charge >= 0.3 is 0 Å². The number of rotatable bonds is 3. The van der Waals surface area contributed by atoms with Crippen LogP contribution in [0.3, 0.4) is 0 Å². The van der Waals surface area contributed by atoms with Crippen molar-refractivity contribution < 1.29 is 0 Å². The Labute approximate surface area is 130 Å². The Morgan fingerprint density at radius 3 is 2.20 bits per heavy atom. The van der Waals surface area contributed by atoms with E-state index in [1.165, 1.54) is 48.7 Å². The Kier molecular flexibility index (Phi) is 3.14. The quantitative estimate of drug-likeness (QED) is 0.786. The minimum absolute atomic E-state index is 0.516. The van der Waals surface area contributed by atoms with Crippen molar-refractivity contribution in [2.45, 2.75) is 50.9 Å². The summed E-state index contributed by atoms with van der Waals surface area (Å²) in [5, 5.41) is 3.43. The fraction of sp³-hybridized carbons (Fsp3) is 0.667. The zero-order valence-corrected chi connectivity index (χ0v) is 13.9. The minimum Gasteiger partial charge on any atom is -0.384 e. The van der Waals surface area contributed by atoms with Crippen LogP contribution in [0, 0.1) is 17.8 Å². The minimum atomic E-state index is 0.516. The van der Waals surface area contributed by atoms with Crippen LogP contribution < -0.4 is 5.32 Å². The first kappa shape index (κ1) is 13.2. The molecule has 0 unspecified atom stereocenters. The van der Waals surface area contributed by atoms with E-state index < -0.39 is 0 Å². The number of hydrogen-bond acceptors (Lipinski definition) is 1. The zero-order valence-electron chi connectivity index (χ0n) is 12.3. The highest BCUT2D eigenvalue weighted by atomic mass is 79.9. The Morgan fingerprint density at radius 2 is 1.70 bits per heavy atom. The smallest absolute Gasteiger partial charge is 0.0484 e. The van der Waals surface area contributed by atoms with E-state index in [0.29, 0.717) is 5.41 Å². The number of nitrogens with one attached hydrogen (secondary N) is 1. The molecule has 0 atom stereocenters. The van der Waals surface area contributed by atoms with Gasteiger partial charge in [-0.05, 0) is 102 Å². The maximum atomic E-state index is 3.77. The van der Waals surface area contributed by atoms with E-state index in [1.54, 1.807) is 5.56 Å². The molecular weight excluding hydrogens is 310 g/mol. The molecule has 4 saturated carbocycles. The number of halogens is 1. The summed E-state index contributed by atoms with van der Waals surface area (Å²) in [5.74, 6) is 3.07. The van der Waals surface area contributed by atoms with Gasteiger partial charge in [0.2, 0.25) is 0 Å². The molecule has 0 aliphatic heterocycles. The average molecular weight is 334 g/mol. The Morgan fingerprint density at radius 1 is 1.10 bits per heavy atom. The molecule has 1 aromatic rings. The maximum absolute atomic E-state index is 3.77. The van der Waals surface area contributed by atoms with Crippen molar-refractivity contribution in [1.29, 1.82) is 0 Å². The van der Waals surface area contributed by atoms with Crippen LogP contribution in [-0.4, -0.2) is 6.54 Å². The largest absolute Gasteiger partial charge is 0.384 e. The zero-order chi connectivity index (χ0) is 13.7. The van der Waals surface area contributed by atoms with Gasteiger partial charge < -0.3 is 5.32 Å². The SMILES string of the molecule is CCNc1ccc(C23CC4CC(CC(C4)C2)C3)cc1Br. The molecule has 2 heteroatoms. The summed E-state index contributed by atoms with van der Waals surface area (Å²) in [6.07, 6.45) is 8.92. The van der Waals surface area contributed by atoms with Crippen molar-refractivity contribution in [3.05, 3.63) is 28.2 Å². The van der Waals surface area contributed by atoms with Crippen molar-refractivity contribution in [2.24, 2.45) is 17.8 Å². The van der Waals surface area contributed by atoms with E-state index in [2.05, 4.69) is 46.4 Å². The first-order valence-corrected chi connectivity index (χ1v) is 9.02. The molecule has 0 aromatic heterocycles. The van der Waals surface area contributed by atoms with Crippen LogP contribution in [-0.2, 0) is 5.41 Å². The molecule has 20 heavy (non-hydrogen) atoms. The van der Waals surface area contributed by atoms with Gasteiger partial charge in [-0.15, -0.1) is 0 Å². The first-order chi connectivity index (χ1) is 9.68. The highest BCUT2D eigenvalue weighted by molar-refractivity contribution is 9.10. The lowest BCUT2D eigenvalue weighted by molar-refractivity contribution is -0.00520. The summed E-state index contributed by atoms with van der Waals surface area (Å²) in [4.78, 5) is 0. The molecule has 0 radical (unpaired) electrons. The summed E-state index contributed by atoms with van der Waals surface area (Å²) >= 11 is 3.77. The topological polar surface area (TPSA) is 12.0 Å². The number of benzene rings is 1. The lowest BCUT2D eigenvalue weighted by atomic mass is 9.48. The first-order valence-electron chi connectivity index (χ1n) is 8.22. The molecule has 1 aromatic carbocycles. The van der Waals surface area contributed by atoms with Gasteiger partial charge in [-0.1, -0.05) is 6.07 Å². The van der Waals surface area contributed by atoms with E-state index in [9.17, 15) is 0 Å². The summed E-state index contributed by atoms with van der Waals surface area (Å²) in [6, 6.07) is 7.09. The molecule has 0 spiro atoms. The van der Waals surface area contributed by atoms with Gasteiger partial charge in [-0.25, -0.2) is 0 Å². The Hall–Kier alpha value is -0.500. The van der Waals surface area contributed by atoms with Crippen molar-refractivity contribution in [1.82, 2.24) is 0 Å². The summed E-state index contributed by atoms with van der Waals surface area (Å²) < 4.78 is 1.24. The molecule has 5 rings (SSSR count). The molecule has 4 aliphatic carbocycles. The Balaban J connectivity index is 1.68. The van der Waals surface area contributed by atoms with Crippen LogP contribution in [0.4, 0.5) is 5.69 Å². The van der Waals surface area contributed by atoms with Crippen molar-refractivity contribution in [3.8, 4) is 0 Å². The molecule has 1 N–H and O–H groups in total. The van der Waals surface area contributed by atoms with Crippen LogP contribution in [0.2, 0.25) is 0 Å². The van der Waals surface area contributed by atoms with E-state index in [0.717, 1.165) is 24.3 Å². The van der Waals surface area contributed by atoms with Gasteiger partial charge in [0, 0.05) is 16.7 Å². The highest BCUT2D eigenvalue weighted by Gasteiger charge is 2.51. The fourth-order valence-electron chi connectivity index (χ4n) is 5.64. The third kappa shape index (κ3) is 2.03. The third-order valence-corrected chi connectivity index (χ3v) is 6.64. The van der Waals surface area contributed by atoms with Gasteiger partial charge in [0.15, 0.2) is 0 Å². The summed E-state index contributed by atoms with van der Waals surface area (Å²) in [5.41, 5.74) is 3.35. The number of hydrogen-bond donors (Lipinski definition) is 1. The average Bonchev–Trinajstić information content (AvgIpc) is 2.39. The van der Waals surface area contributed by atoms with Crippen LogP contribution in [0.15, 0.2) is 22.7 Å². The normalized spacial score (nSPS) is 38.2. The van der Waals surface area contributed by atoms with Crippen molar-refractivity contribution in [3.63, 3.8) is 0 Å². The molecule has 4 aliphatic rings. The lowest BCUT2D eigenvalue weighted by Gasteiger charge is -2.57. The highest BCUT2D eigenvalue weighted by Crippen LogP contribution is 2.60. The van der Waals surface area contributed by atoms with Crippen LogP contribution >= 0.6 is 15.9 Å². The predicted molar refractivity (Wildman–Crippen MR) is 88.2 cm³/mol. The van der Waals surface area contributed by atoms with Crippen LogP contribution in [0.25, 0.3) is 0 Å². The van der Waals surface area contributed by atoms with Gasteiger partial charge in [0.25, 0.3) is 0 Å². The predicted octanol–water partition coefficient (Wildman–Crippen LogP) is 5.35. The second-order valence-electron chi connectivity index (χ2n) is 7.42. The van der Waals surface area contributed by atoms with Crippen LogP contribution in [0.1, 0.15) is 51.0 Å². The summed E-state index contributed by atoms with van der Waals surface area (Å²) in [7, 11) is 0. The van der Waals surface area contributed by atoms with Gasteiger partial charge in [-0.2, -0.15) is 0 Å². The Bertz CT molecular complexity index is 487. The van der Waals surface area contributed by atoms with E-state index in [-0.39, 0.29) is 0 Å². The molecule has 0 amide bonds. The van der Waals surface area contributed by atoms with Gasteiger partial charge in [-0.3, -0.25) is 0 Å². The van der Waals surface area contributed by atoms with Gasteiger partial charge in [0.05, 0.1) is 0 Å². The molecular formula is C18H24BrN. The van der Waals surface area contributed by atoms with E-state index in [4.69, 9.17) is 0 Å². The monoisotopic (exact) mass is 333 g/mol. The van der Waals surface area contributed by atoms with E-state index in [1.807, 2.05) is 0 Å². The summed E-state index contributed by atoms with van der Waals surface area (Å²) in [6.45, 7) is 3.13. The van der Waals surface area contributed by atoms with Crippen LogP contribution in [0.5, 0.6) is 0 Å². The third-order valence-electron chi connectivity index (χ3n) is 5.99.